The van der Waals surface area contributed by atoms with E-state index in [2.05, 4.69) is 17.4 Å². The lowest BCUT2D eigenvalue weighted by molar-refractivity contribution is -0.139. The Morgan fingerprint density at radius 2 is 1.81 bits per heavy atom. The molecular weight excluding hydrogens is 431 g/mol. The Kier molecular flexibility index (Phi) is 9.03. The van der Waals surface area contributed by atoms with Gasteiger partial charge in [-0.05, 0) is 68.7 Å². The zero-order valence-corrected chi connectivity index (χ0v) is 19.0. The van der Waals surface area contributed by atoms with Crippen LogP contribution in [0, 0.1) is 5.82 Å². The number of halogens is 2. The minimum absolute atomic E-state index is 0.0614. The average molecular weight is 461 g/mol. The fraction of sp³-hybridized carbons (Fsp3) is 0.480. The number of fused-ring (bicyclic) bond motifs is 1. The van der Waals surface area contributed by atoms with Gasteiger partial charge in [-0.15, -0.1) is 0 Å². The average Bonchev–Trinajstić information content (AvgIpc) is 2.79. The van der Waals surface area contributed by atoms with Crippen LogP contribution in [-0.2, 0) is 24.1 Å². The van der Waals surface area contributed by atoms with Gasteiger partial charge in [0.1, 0.15) is 11.9 Å². The number of nitrogens with zero attached hydrogens (tertiary/aromatic N) is 1. The summed E-state index contributed by atoms with van der Waals surface area (Å²) >= 11 is 5.82. The fourth-order valence-corrected chi connectivity index (χ4v) is 4.34. The number of carboxylic acids is 1. The third-order valence-corrected chi connectivity index (χ3v) is 6.35. The SMILES string of the molecule is O=C(N[C@@H](CCCCCCCc1ccc2c(n1)CCCC2)C(=O)O)c1cccc(F)c1Cl. The Morgan fingerprint density at radius 1 is 1.06 bits per heavy atom. The topological polar surface area (TPSA) is 79.3 Å². The lowest BCUT2D eigenvalue weighted by Gasteiger charge is -2.15. The molecule has 2 N–H and O–H groups in total. The highest BCUT2D eigenvalue weighted by Gasteiger charge is 2.22. The van der Waals surface area contributed by atoms with Crippen molar-refractivity contribution in [3.8, 4) is 0 Å². The van der Waals surface area contributed by atoms with E-state index in [1.807, 2.05) is 0 Å². The monoisotopic (exact) mass is 460 g/mol. The Balaban J connectivity index is 1.35. The maximum Gasteiger partial charge on any atom is 0.326 e. The first kappa shape index (κ1) is 24.2. The summed E-state index contributed by atoms with van der Waals surface area (Å²) in [4.78, 5) is 28.6. The fourth-order valence-electron chi connectivity index (χ4n) is 4.12. The Labute approximate surface area is 193 Å². The maximum absolute atomic E-state index is 13.5. The summed E-state index contributed by atoms with van der Waals surface area (Å²) in [5.41, 5.74) is 3.78. The third kappa shape index (κ3) is 6.76. The predicted molar refractivity (Wildman–Crippen MR) is 123 cm³/mol. The van der Waals surface area contributed by atoms with Gasteiger partial charge >= 0.3 is 5.97 Å². The van der Waals surface area contributed by atoms with E-state index in [1.165, 1.54) is 36.2 Å². The standard InChI is InChI=1S/C25H30ClFN2O3/c26-23-19(11-8-12-20(23)27)24(30)29-22(25(31)32)14-5-3-1-2-4-10-18-16-15-17-9-6-7-13-21(17)28-18/h8,11-12,15-16,22H,1-7,9-10,13-14H2,(H,29,30)(H,31,32)/t22-/m0/s1. The number of hydrogen-bond acceptors (Lipinski definition) is 3. The van der Waals surface area contributed by atoms with E-state index < -0.39 is 23.7 Å². The molecule has 0 fully saturated rings. The highest BCUT2D eigenvalue weighted by Crippen LogP contribution is 2.21. The first-order valence-electron chi connectivity index (χ1n) is 11.4. The first-order valence-corrected chi connectivity index (χ1v) is 11.8. The molecule has 32 heavy (non-hydrogen) atoms. The number of pyridine rings is 1. The molecule has 1 aliphatic rings. The molecule has 1 heterocycles. The zero-order valence-electron chi connectivity index (χ0n) is 18.2. The summed E-state index contributed by atoms with van der Waals surface area (Å²) in [5.74, 6) is -2.50. The van der Waals surface area contributed by atoms with Crippen molar-refractivity contribution in [3.63, 3.8) is 0 Å². The molecule has 172 valence electrons. The highest BCUT2D eigenvalue weighted by atomic mass is 35.5. The second-order valence-corrected chi connectivity index (χ2v) is 8.77. The Hall–Kier alpha value is -2.47. The molecule has 0 saturated carbocycles. The summed E-state index contributed by atoms with van der Waals surface area (Å²) in [6.45, 7) is 0. The largest absolute Gasteiger partial charge is 0.480 e. The number of benzene rings is 1. The van der Waals surface area contributed by atoms with Gasteiger partial charge in [-0.2, -0.15) is 0 Å². The second-order valence-electron chi connectivity index (χ2n) is 8.39. The van der Waals surface area contributed by atoms with E-state index in [9.17, 15) is 19.1 Å². The van der Waals surface area contributed by atoms with Crippen LogP contribution in [0.25, 0.3) is 0 Å². The smallest absolute Gasteiger partial charge is 0.326 e. The summed E-state index contributed by atoms with van der Waals surface area (Å²) in [6.07, 6.45) is 10.7. The number of unbranched alkanes of at least 4 members (excludes halogenated alkanes) is 4. The maximum atomic E-state index is 13.5. The highest BCUT2D eigenvalue weighted by molar-refractivity contribution is 6.34. The van der Waals surface area contributed by atoms with E-state index in [4.69, 9.17) is 16.6 Å². The number of aliphatic carboxylic acids is 1. The van der Waals surface area contributed by atoms with Gasteiger partial charge in [0.15, 0.2) is 0 Å². The van der Waals surface area contributed by atoms with Crippen molar-refractivity contribution >= 4 is 23.5 Å². The van der Waals surface area contributed by atoms with Crippen LogP contribution in [0.2, 0.25) is 5.02 Å². The van der Waals surface area contributed by atoms with Crippen LogP contribution in [0.4, 0.5) is 4.39 Å². The Morgan fingerprint density at radius 3 is 2.62 bits per heavy atom. The van der Waals surface area contributed by atoms with Crippen molar-refractivity contribution in [1.82, 2.24) is 10.3 Å². The lowest BCUT2D eigenvalue weighted by Crippen LogP contribution is -2.40. The van der Waals surface area contributed by atoms with Crippen LogP contribution in [-0.4, -0.2) is 28.0 Å². The number of carboxylic acid groups (broad SMARTS) is 1. The molecule has 1 aromatic heterocycles. The van der Waals surface area contributed by atoms with E-state index >= 15 is 0 Å². The van der Waals surface area contributed by atoms with Crippen molar-refractivity contribution < 1.29 is 19.1 Å². The first-order chi connectivity index (χ1) is 15.5. The summed E-state index contributed by atoms with van der Waals surface area (Å²) in [6, 6.07) is 7.24. The number of carbonyl (C=O) groups excluding carboxylic acids is 1. The molecule has 0 spiro atoms. The van der Waals surface area contributed by atoms with Gasteiger partial charge in [-0.1, -0.05) is 49.4 Å². The van der Waals surface area contributed by atoms with Crippen molar-refractivity contribution in [1.29, 1.82) is 0 Å². The summed E-state index contributed by atoms with van der Waals surface area (Å²) in [5, 5.41) is 11.6. The molecule has 0 saturated heterocycles. The minimum atomic E-state index is -1.11. The third-order valence-electron chi connectivity index (χ3n) is 5.96. The molecule has 0 bridgehead atoms. The molecule has 0 radical (unpaired) electrons. The summed E-state index contributed by atoms with van der Waals surface area (Å²) in [7, 11) is 0. The van der Waals surface area contributed by atoms with Gasteiger partial charge < -0.3 is 10.4 Å². The number of aromatic nitrogens is 1. The molecule has 1 aromatic carbocycles. The molecule has 2 aromatic rings. The molecule has 3 rings (SSSR count). The second kappa shape index (κ2) is 12.0. The van der Waals surface area contributed by atoms with E-state index in [0.29, 0.717) is 12.8 Å². The molecule has 7 heteroatoms. The number of rotatable bonds is 11. The zero-order chi connectivity index (χ0) is 22.9. The van der Waals surface area contributed by atoms with Gasteiger partial charge in [0, 0.05) is 11.4 Å². The van der Waals surface area contributed by atoms with E-state index in [-0.39, 0.29) is 10.6 Å². The number of nitrogens with one attached hydrogen (secondary N) is 1. The van der Waals surface area contributed by atoms with E-state index in [1.54, 1.807) is 0 Å². The van der Waals surface area contributed by atoms with Crippen LogP contribution in [0.1, 0.15) is 78.7 Å². The molecule has 1 aliphatic carbocycles. The van der Waals surface area contributed by atoms with Gasteiger partial charge in [0.05, 0.1) is 10.6 Å². The quantitative estimate of drug-likeness (QED) is 0.433. The van der Waals surface area contributed by atoms with E-state index in [0.717, 1.165) is 56.7 Å². The molecule has 1 amide bonds. The summed E-state index contributed by atoms with van der Waals surface area (Å²) < 4.78 is 13.5. The molecule has 0 aliphatic heterocycles. The number of carbonyl (C=O) groups is 2. The Bertz CT molecular complexity index is 951. The molecular formula is C25H30ClFN2O3. The lowest BCUT2D eigenvalue weighted by atomic mass is 9.95. The molecule has 5 nitrogen and oxygen atoms in total. The molecule has 0 unspecified atom stereocenters. The predicted octanol–water partition coefficient (Wildman–Crippen LogP) is 5.52. The van der Waals surface area contributed by atoms with Crippen LogP contribution in [0.5, 0.6) is 0 Å². The van der Waals surface area contributed by atoms with Gasteiger partial charge in [0.25, 0.3) is 5.91 Å². The number of hydrogen-bond donors (Lipinski definition) is 2. The molecule has 1 atom stereocenters. The van der Waals surface area contributed by atoms with Crippen molar-refractivity contribution in [2.45, 2.75) is 76.7 Å². The van der Waals surface area contributed by atoms with Crippen LogP contribution < -0.4 is 5.32 Å². The van der Waals surface area contributed by atoms with Crippen molar-refractivity contribution in [2.75, 3.05) is 0 Å². The number of amides is 1. The minimum Gasteiger partial charge on any atom is -0.480 e. The van der Waals surface area contributed by atoms with Crippen molar-refractivity contribution in [3.05, 3.63) is 63.7 Å². The van der Waals surface area contributed by atoms with Crippen molar-refractivity contribution in [2.24, 2.45) is 0 Å². The van der Waals surface area contributed by atoms with Gasteiger partial charge in [-0.25, -0.2) is 9.18 Å². The normalized spacial score (nSPS) is 13.9. The number of aryl methyl sites for hydroxylation is 3. The van der Waals surface area contributed by atoms with Gasteiger partial charge in [0.2, 0.25) is 0 Å². The van der Waals surface area contributed by atoms with Crippen LogP contribution >= 0.6 is 11.6 Å². The van der Waals surface area contributed by atoms with Crippen LogP contribution in [0.3, 0.4) is 0 Å². The van der Waals surface area contributed by atoms with Crippen LogP contribution in [0.15, 0.2) is 30.3 Å². The van der Waals surface area contributed by atoms with Gasteiger partial charge in [-0.3, -0.25) is 9.78 Å².